The third-order valence-electron chi connectivity index (χ3n) is 4.92. The van der Waals surface area contributed by atoms with E-state index in [2.05, 4.69) is 82.1 Å². The van der Waals surface area contributed by atoms with E-state index >= 15 is 0 Å². The minimum atomic E-state index is 0.490. The van der Waals surface area contributed by atoms with E-state index < -0.39 is 0 Å². The molecule has 2 heterocycles. The molecule has 0 saturated heterocycles. The first-order valence-electron chi connectivity index (χ1n) is 8.55. The Morgan fingerprint density at radius 1 is 1.29 bits per heavy atom. The molecule has 0 amide bonds. The number of para-hydroxylation sites is 1. The smallest absolute Gasteiger partial charge is 0.115 e. The Hall–Kier alpha value is -1.65. The number of fused-ring (bicyclic) bond motifs is 1. The molecule has 1 aliphatic heterocycles. The molecule has 1 unspecified atom stereocenters. The molecule has 2 aliphatic rings. The van der Waals surface area contributed by atoms with Gasteiger partial charge in [0, 0.05) is 23.1 Å². The molecular weight excluding hydrogens is 362 g/mol. The van der Waals surface area contributed by atoms with Gasteiger partial charge in [-0.1, -0.05) is 24.3 Å². The molecule has 4 rings (SSSR count). The van der Waals surface area contributed by atoms with E-state index in [1.165, 1.54) is 40.7 Å². The van der Waals surface area contributed by atoms with Crippen molar-refractivity contribution in [1.82, 2.24) is 9.47 Å². The first-order valence-corrected chi connectivity index (χ1v) is 9.35. The Labute approximate surface area is 151 Å². The molecule has 124 valence electrons. The quantitative estimate of drug-likeness (QED) is 0.736. The number of nitrogens with zero attached hydrogens (tertiary/aromatic N) is 3. The molecule has 2 aromatic rings. The van der Waals surface area contributed by atoms with Crippen molar-refractivity contribution in [3.05, 3.63) is 53.9 Å². The SMILES string of the molecule is CN(C)CCCC1CC=CC2=C1N=C(Br)c1cccc3ccn2c13. The van der Waals surface area contributed by atoms with Crippen molar-refractivity contribution < 1.29 is 0 Å². The summed E-state index contributed by atoms with van der Waals surface area (Å²) in [6.45, 7) is 1.13. The fourth-order valence-corrected chi connectivity index (χ4v) is 4.25. The number of hydrogen-bond acceptors (Lipinski definition) is 2. The van der Waals surface area contributed by atoms with Crippen molar-refractivity contribution >= 4 is 37.2 Å². The molecule has 1 aliphatic carbocycles. The van der Waals surface area contributed by atoms with Crippen molar-refractivity contribution in [1.29, 1.82) is 0 Å². The van der Waals surface area contributed by atoms with Crippen LogP contribution in [-0.2, 0) is 0 Å². The van der Waals surface area contributed by atoms with Crippen LogP contribution in [0.2, 0.25) is 0 Å². The van der Waals surface area contributed by atoms with Gasteiger partial charge in [0.25, 0.3) is 0 Å². The monoisotopic (exact) mass is 383 g/mol. The lowest BCUT2D eigenvalue weighted by Gasteiger charge is -2.23. The Balaban J connectivity index is 1.79. The van der Waals surface area contributed by atoms with Gasteiger partial charge in [-0.05, 0) is 68.0 Å². The Morgan fingerprint density at radius 2 is 2.17 bits per heavy atom. The number of aromatic nitrogens is 1. The molecule has 0 bridgehead atoms. The zero-order valence-electron chi connectivity index (χ0n) is 14.2. The second-order valence-corrected chi connectivity index (χ2v) is 7.63. The molecule has 4 heteroatoms. The third kappa shape index (κ3) is 2.68. The van der Waals surface area contributed by atoms with Gasteiger partial charge < -0.3 is 9.47 Å². The summed E-state index contributed by atoms with van der Waals surface area (Å²) >= 11 is 3.74. The number of rotatable bonds is 4. The van der Waals surface area contributed by atoms with Crippen LogP contribution in [0, 0.1) is 5.92 Å². The zero-order chi connectivity index (χ0) is 16.7. The maximum absolute atomic E-state index is 5.02. The van der Waals surface area contributed by atoms with Gasteiger partial charge >= 0.3 is 0 Å². The highest BCUT2D eigenvalue weighted by atomic mass is 79.9. The van der Waals surface area contributed by atoms with E-state index in [4.69, 9.17) is 4.99 Å². The van der Waals surface area contributed by atoms with E-state index in [1.807, 2.05) is 0 Å². The number of allylic oxidation sites excluding steroid dienone is 4. The van der Waals surface area contributed by atoms with Crippen LogP contribution in [0.15, 0.2) is 53.3 Å². The lowest BCUT2D eigenvalue weighted by atomic mass is 9.90. The standard InChI is InChI=1S/C20H22BrN3/c1-23(2)12-5-8-14-6-4-10-17-18(14)22-20(21)16-9-3-7-15-11-13-24(17)19(15)16/h3-4,7,9-11,13-14H,5-6,8,12H2,1-2H3. The highest BCUT2D eigenvalue weighted by Crippen LogP contribution is 2.38. The normalized spacial score (nSPS) is 19.7. The second kappa shape index (κ2) is 6.34. The highest BCUT2D eigenvalue weighted by Gasteiger charge is 2.25. The fraction of sp³-hybridized carbons (Fsp3) is 0.350. The summed E-state index contributed by atoms with van der Waals surface area (Å²) < 4.78 is 3.26. The van der Waals surface area contributed by atoms with Gasteiger partial charge in [0.05, 0.1) is 16.9 Å². The minimum Gasteiger partial charge on any atom is -0.314 e. The van der Waals surface area contributed by atoms with E-state index in [-0.39, 0.29) is 0 Å². The lowest BCUT2D eigenvalue weighted by Crippen LogP contribution is -2.16. The number of hydrogen-bond donors (Lipinski definition) is 0. The Bertz CT molecular complexity index is 870. The van der Waals surface area contributed by atoms with Gasteiger partial charge in [-0.25, -0.2) is 4.99 Å². The summed E-state index contributed by atoms with van der Waals surface area (Å²) in [5.74, 6) is 0.490. The van der Waals surface area contributed by atoms with Crippen molar-refractivity contribution in [2.24, 2.45) is 10.9 Å². The lowest BCUT2D eigenvalue weighted by molar-refractivity contribution is 0.376. The van der Waals surface area contributed by atoms with Crippen LogP contribution in [0.5, 0.6) is 0 Å². The largest absolute Gasteiger partial charge is 0.314 e. The number of aliphatic imine (C=N–C) groups is 1. The van der Waals surface area contributed by atoms with Crippen molar-refractivity contribution in [3.8, 4) is 0 Å². The first-order chi connectivity index (χ1) is 11.6. The van der Waals surface area contributed by atoms with Gasteiger partial charge in [0.1, 0.15) is 4.62 Å². The van der Waals surface area contributed by atoms with Crippen LogP contribution in [-0.4, -0.2) is 34.7 Å². The highest BCUT2D eigenvalue weighted by molar-refractivity contribution is 9.18. The van der Waals surface area contributed by atoms with Gasteiger partial charge in [-0.2, -0.15) is 0 Å². The van der Waals surface area contributed by atoms with Crippen LogP contribution in [0.25, 0.3) is 16.6 Å². The van der Waals surface area contributed by atoms with E-state index in [0.717, 1.165) is 17.6 Å². The van der Waals surface area contributed by atoms with Gasteiger partial charge in [0.2, 0.25) is 0 Å². The predicted octanol–water partition coefficient (Wildman–Crippen LogP) is 4.88. The summed E-state index contributed by atoms with van der Waals surface area (Å²) in [4.78, 5) is 7.27. The summed E-state index contributed by atoms with van der Waals surface area (Å²) in [6.07, 6.45) is 10.2. The van der Waals surface area contributed by atoms with Crippen molar-refractivity contribution in [2.75, 3.05) is 20.6 Å². The van der Waals surface area contributed by atoms with E-state index in [1.54, 1.807) is 0 Å². The summed E-state index contributed by atoms with van der Waals surface area (Å²) in [5.41, 5.74) is 4.87. The van der Waals surface area contributed by atoms with Gasteiger partial charge in [-0.3, -0.25) is 0 Å². The van der Waals surface area contributed by atoms with Crippen LogP contribution in [0.4, 0.5) is 0 Å². The molecular formula is C20H22BrN3. The first kappa shape index (κ1) is 15.9. The minimum absolute atomic E-state index is 0.490. The molecule has 3 nitrogen and oxygen atoms in total. The molecule has 0 saturated carbocycles. The van der Waals surface area contributed by atoms with E-state index in [0.29, 0.717) is 5.92 Å². The molecule has 0 N–H and O–H groups in total. The number of benzene rings is 1. The second-order valence-electron chi connectivity index (χ2n) is 6.88. The third-order valence-corrected chi connectivity index (χ3v) is 5.52. The Kier molecular flexibility index (Phi) is 4.19. The van der Waals surface area contributed by atoms with Gasteiger partial charge in [0.15, 0.2) is 0 Å². The molecule has 0 spiro atoms. The molecule has 0 radical (unpaired) electrons. The van der Waals surface area contributed by atoms with Crippen LogP contribution in [0.1, 0.15) is 24.8 Å². The molecule has 0 fully saturated rings. The Morgan fingerprint density at radius 3 is 3.00 bits per heavy atom. The van der Waals surface area contributed by atoms with Crippen molar-refractivity contribution in [2.45, 2.75) is 19.3 Å². The van der Waals surface area contributed by atoms with Crippen LogP contribution < -0.4 is 0 Å². The van der Waals surface area contributed by atoms with Crippen LogP contribution >= 0.6 is 15.9 Å². The zero-order valence-corrected chi connectivity index (χ0v) is 15.8. The van der Waals surface area contributed by atoms with E-state index in [9.17, 15) is 0 Å². The predicted molar refractivity (Wildman–Crippen MR) is 106 cm³/mol. The number of halogens is 1. The summed E-state index contributed by atoms with van der Waals surface area (Å²) in [7, 11) is 4.28. The fourth-order valence-electron chi connectivity index (χ4n) is 3.74. The summed E-state index contributed by atoms with van der Waals surface area (Å²) in [6, 6.07) is 8.62. The molecule has 1 atom stereocenters. The topological polar surface area (TPSA) is 20.5 Å². The summed E-state index contributed by atoms with van der Waals surface area (Å²) in [5, 5.41) is 1.26. The van der Waals surface area contributed by atoms with Gasteiger partial charge in [-0.15, -0.1) is 0 Å². The molecule has 24 heavy (non-hydrogen) atoms. The maximum atomic E-state index is 5.02. The molecule has 1 aromatic heterocycles. The molecule has 1 aromatic carbocycles. The maximum Gasteiger partial charge on any atom is 0.115 e. The van der Waals surface area contributed by atoms with Crippen molar-refractivity contribution in [3.63, 3.8) is 0 Å². The van der Waals surface area contributed by atoms with Crippen LogP contribution in [0.3, 0.4) is 0 Å². The average Bonchev–Trinajstić information content (AvgIpc) is 2.94. The average molecular weight is 384 g/mol.